The van der Waals surface area contributed by atoms with E-state index in [0.717, 1.165) is 5.75 Å². The summed E-state index contributed by atoms with van der Waals surface area (Å²) >= 11 is 3.46. The molecule has 0 amide bonds. The summed E-state index contributed by atoms with van der Waals surface area (Å²) in [5.41, 5.74) is -0.0812. The Morgan fingerprint density at radius 3 is 2.40 bits per heavy atom. The summed E-state index contributed by atoms with van der Waals surface area (Å²) in [7, 11) is 0. The van der Waals surface area contributed by atoms with Crippen molar-refractivity contribution < 1.29 is 5.11 Å². The molecule has 0 saturated heterocycles. The van der Waals surface area contributed by atoms with Crippen LogP contribution < -0.4 is 0 Å². The van der Waals surface area contributed by atoms with Crippen LogP contribution in [0.1, 0.15) is 27.7 Å². The normalized spacial score (nSPS) is 16.0. The highest BCUT2D eigenvalue weighted by Gasteiger charge is 2.20. The first kappa shape index (κ1) is 15.1. The van der Waals surface area contributed by atoms with Gasteiger partial charge in [-0.05, 0) is 24.7 Å². The molecule has 3 heteroatoms. The van der Waals surface area contributed by atoms with Gasteiger partial charge in [-0.1, -0.05) is 32.9 Å². The Kier molecular flexibility index (Phi) is 7.49. The van der Waals surface area contributed by atoms with Crippen LogP contribution in [0.3, 0.4) is 0 Å². The van der Waals surface area contributed by atoms with Crippen molar-refractivity contribution in [1.29, 1.82) is 0 Å². The highest BCUT2D eigenvalue weighted by atomic mass is 32.2. The fraction of sp³-hybridized carbons (Fsp3) is 0.667. The second-order valence-electron chi connectivity index (χ2n) is 4.38. The van der Waals surface area contributed by atoms with E-state index in [2.05, 4.69) is 6.08 Å². The summed E-state index contributed by atoms with van der Waals surface area (Å²) < 4.78 is 1.19. The Hall–Kier alpha value is 0.140. The fourth-order valence-corrected chi connectivity index (χ4v) is 2.40. The van der Waals surface area contributed by atoms with Crippen LogP contribution in [0.5, 0.6) is 0 Å². The highest BCUT2D eigenvalue weighted by Crippen LogP contribution is 2.30. The van der Waals surface area contributed by atoms with Crippen molar-refractivity contribution in [2.24, 2.45) is 5.41 Å². The number of aliphatic hydroxyl groups is 1. The van der Waals surface area contributed by atoms with Gasteiger partial charge in [0.15, 0.2) is 0 Å². The lowest BCUT2D eigenvalue weighted by molar-refractivity contribution is 0.105. The summed E-state index contributed by atoms with van der Waals surface area (Å²) in [5.74, 6) is 0.972. The molecule has 0 radical (unpaired) electrons. The third-order valence-corrected chi connectivity index (χ3v) is 4.11. The first-order valence-electron chi connectivity index (χ1n) is 5.09. The summed E-state index contributed by atoms with van der Waals surface area (Å²) in [6.07, 6.45) is 7.80. The number of aliphatic hydroxyl groups excluding tert-OH is 1. The molecule has 0 unspecified atom stereocenters. The maximum Gasteiger partial charge on any atom is 0.0787 e. The molecule has 0 bridgehead atoms. The molecule has 1 N–H and O–H groups in total. The van der Waals surface area contributed by atoms with Crippen molar-refractivity contribution in [3.63, 3.8) is 0 Å². The maximum absolute atomic E-state index is 9.92. The summed E-state index contributed by atoms with van der Waals surface area (Å²) in [4.78, 5) is 0. The van der Waals surface area contributed by atoms with E-state index in [-0.39, 0.29) is 11.5 Å². The molecular weight excluding hydrogens is 224 g/mol. The molecule has 15 heavy (non-hydrogen) atoms. The SMILES string of the molecule is C/C=C\CS/C(=C\[C@H](O)C(C)(C)C)SC. The smallest absolute Gasteiger partial charge is 0.0787 e. The average molecular weight is 246 g/mol. The second kappa shape index (κ2) is 7.42. The van der Waals surface area contributed by atoms with Gasteiger partial charge >= 0.3 is 0 Å². The highest BCUT2D eigenvalue weighted by molar-refractivity contribution is 8.22. The van der Waals surface area contributed by atoms with Crippen LogP contribution in [0.25, 0.3) is 0 Å². The number of allylic oxidation sites excluding steroid dienone is 1. The minimum Gasteiger partial charge on any atom is -0.388 e. The Balaban J connectivity index is 4.32. The van der Waals surface area contributed by atoms with Crippen LogP contribution in [-0.2, 0) is 0 Å². The van der Waals surface area contributed by atoms with Crippen molar-refractivity contribution in [2.45, 2.75) is 33.8 Å². The van der Waals surface area contributed by atoms with Crippen molar-refractivity contribution in [3.8, 4) is 0 Å². The first-order valence-corrected chi connectivity index (χ1v) is 7.30. The van der Waals surface area contributed by atoms with Gasteiger partial charge in [0.25, 0.3) is 0 Å². The zero-order chi connectivity index (χ0) is 11.9. The molecule has 88 valence electrons. The van der Waals surface area contributed by atoms with Crippen LogP contribution in [0.15, 0.2) is 22.5 Å². The number of rotatable bonds is 5. The summed E-state index contributed by atoms with van der Waals surface area (Å²) in [6.45, 7) is 8.15. The Bertz CT molecular complexity index is 226. The molecule has 0 aliphatic carbocycles. The zero-order valence-electron chi connectivity index (χ0n) is 10.3. The van der Waals surface area contributed by atoms with E-state index in [1.54, 1.807) is 23.5 Å². The lowest BCUT2D eigenvalue weighted by Crippen LogP contribution is -2.23. The van der Waals surface area contributed by atoms with E-state index in [9.17, 15) is 5.11 Å². The van der Waals surface area contributed by atoms with Gasteiger partial charge in [-0.3, -0.25) is 0 Å². The van der Waals surface area contributed by atoms with Gasteiger partial charge in [0.05, 0.1) is 6.10 Å². The predicted molar refractivity (Wildman–Crippen MR) is 74.3 cm³/mol. The van der Waals surface area contributed by atoms with E-state index in [0.29, 0.717) is 0 Å². The van der Waals surface area contributed by atoms with Crippen LogP contribution in [0.4, 0.5) is 0 Å². The third kappa shape index (κ3) is 7.09. The fourth-order valence-electron chi connectivity index (χ4n) is 0.780. The van der Waals surface area contributed by atoms with Gasteiger partial charge in [0, 0.05) is 9.99 Å². The molecule has 0 aliphatic rings. The monoisotopic (exact) mass is 246 g/mol. The first-order chi connectivity index (χ1) is 6.91. The van der Waals surface area contributed by atoms with Crippen LogP contribution in [0.2, 0.25) is 0 Å². The number of hydrogen-bond donors (Lipinski definition) is 1. The van der Waals surface area contributed by atoms with Gasteiger partial charge in [-0.2, -0.15) is 0 Å². The summed E-state index contributed by atoms with van der Waals surface area (Å²) in [5, 5.41) is 9.92. The molecular formula is C12H22OS2. The minimum atomic E-state index is -0.377. The molecule has 0 saturated carbocycles. The topological polar surface area (TPSA) is 20.2 Å². The lowest BCUT2D eigenvalue weighted by atomic mass is 9.89. The number of thioether (sulfide) groups is 2. The molecule has 0 aromatic heterocycles. The van der Waals surface area contributed by atoms with Gasteiger partial charge in [0.1, 0.15) is 0 Å². The Labute approximate surface area is 102 Å². The molecule has 0 aliphatic heterocycles. The quantitative estimate of drug-likeness (QED) is 0.743. The van der Waals surface area contributed by atoms with Crippen molar-refractivity contribution in [2.75, 3.05) is 12.0 Å². The van der Waals surface area contributed by atoms with E-state index >= 15 is 0 Å². The predicted octanol–water partition coefficient (Wildman–Crippen LogP) is 3.91. The van der Waals surface area contributed by atoms with Crippen molar-refractivity contribution >= 4 is 23.5 Å². The average Bonchev–Trinajstić information content (AvgIpc) is 2.14. The molecule has 0 spiro atoms. The molecule has 0 heterocycles. The minimum absolute atomic E-state index is 0.0812. The van der Waals surface area contributed by atoms with E-state index in [4.69, 9.17) is 0 Å². The van der Waals surface area contributed by atoms with E-state index in [1.807, 2.05) is 46.1 Å². The maximum atomic E-state index is 9.92. The Morgan fingerprint density at radius 2 is 2.00 bits per heavy atom. The lowest BCUT2D eigenvalue weighted by Gasteiger charge is -2.23. The van der Waals surface area contributed by atoms with Crippen LogP contribution in [-0.4, -0.2) is 23.2 Å². The second-order valence-corrected chi connectivity index (χ2v) is 6.55. The molecule has 1 atom stereocenters. The van der Waals surface area contributed by atoms with Crippen molar-refractivity contribution in [1.82, 2.24) is 0 Å². The molecule has 0 fully saturated rings. The largest absolute Gasteiger partial charge is 0.388 e. The third-order valence-electron chi connectivity index (χ3n) is 1.94. The standard InChI is InChI=1S/C12H22OS2/c1-6-7-8-15-11(14-5)9-10(13)12(2,3)4/h6-7,9-10,13H,8H2,1-5H3/b7-6-,11-9-/t10-/m0/s1. The van der Waals surface area contributed by atoms with E-state index < -0.39 is 0 Å². The van der Waals surface area contributed by atoms with Gasteiger partial charge in [-0.15, -0.1) is 23.5 Å². The molecule has 1 nitrogen and oxygen atoms in total. The molecule has 0 rings (SSSR count). The Morgan fingerprint density at radius 1 is 1.40 bits per heavy atom. The summed E-state index contributed by atoms with van der Waals surface area (Å²) in [6, 6.07) is 0. The van der Waals surface area contributed by atoms with Gasteiger partial charge in [0.2, 0.25) is 0 Å². The van der Waals surface area contributed by atoms with Crippen molar-refractivity contribution in [3.05, 3.63) is 22.5 Å². The van der Waals surface area contributed by atoms with Crippen LogP contribution >= 0.6 is 23.5 Å². The zero-order valence-corrected chi connectivity index (χ0v) is 11.9. The van der Waals surface area contributed by atoms with E-state index in [1.165, 1.54) is 4.24 Å². The van der Waals surface area contributed by atoms with Crippen LogP contribution in [0, 0.1) is 5.41 Å². The van der Waals surface area contributed by atoms with Gasteiger partial charge < -0.3 is 5.11 Å². The molecule has 0 aromatic rings. The van der Waals surface area contributed by atoms with Gasteiger partial charge in [-0.25, -0.2) is 0 Å². The molecule has 0 aromatic carbocycles. The number of hydrogen-bond acceptors (Lipinski definition) is 3.